The van der Waals surface area contributed by atoms with Crippen molar-refractivity contribution < 1.29 is 4.74 Å². The molecule has 1 N–H and O–H groups in total. The smallest absolute Gasteiger partial charge is 0.120 e. The molecular formula is C20H23NO. The molecular weight excluding hydrogens is 270 g/mol. The van der Waals surface area contributed by atoms with Gasteiger partial charge < -0.3 is 10.1 Å². The van der Waals surface area contributed by atoms with Crippen LogP contribution in [0.5, 0.6) is 5.75 Å². The Bertz CT molecular complexity index is 640. The number of hydrogen-bond donors (Lipinski definition) is 1. The van der Waals surface area contributed by atoms with Gasteiger partial charge in [0.25, 0.3) is 0 Å². The Morgan fingerprint density at radius 1 is 0.955 bits per heavy atom. The van der Waals surface area contributed by atoms with Crippen molar-refractivity contribution in [2.75, 3.05) is 0 Å². The summed E-state index contributed by atoms with van der Waals surface area (Å²) in [4.78, 5) is 0. The summed E-state index contributed by atoms with van der Waals surface area (Å²) in [5.74, 6) is 1.01. The highest BCUT2D eigenvalue weighted by Crippen LogP contribution is 2.32. The van der Waals surface area contributed by atoms with Crippen LogP contribution in [0.25, 0.3) is 11.1 Å². The van der Waals surface area contributed by atoms with Crippen molar-refractivity contribution in [3.63, 3.8) is 0 Å². The van der Waals surface area contributed by atoms with Crippen LogP contribution in [0.1, 0.15) is 31.2 Å². The minimum atomic E-state index is 0.366. The van der Waals surface area contributed by atoms with E-state index in [-0.39, 0.29) is 0 Å². The van der Waals surface area contributed by atoms with E-state index < -0.39 is 0 Å². The second-order valence-electron chi connectivity index (χ2n) is 6.69. The van der Waals surface area contributed by atoms with E-state index in [1.807, 2.05) is 0 Å². The summed E-state index contributed by atoms with van der Waals surface area (Å²) in [6.07, 6.45) is 5.28. The molecule has 2 fully saturated rings. The van der Waals surface area contributed by atoms with E-state index in [4.69, 9.17) is 4.74 Å². The van der Waals surface area contributed by atoms with E-state index in [1.165, 1.54) is 29.5 Å². The molecule has 2 heterocycles. The van der Waals surface area contributed by atoms with Crippen molar-refractivity contribution in [2.24, 2.45) is 0 Å². The molecule has 2 aromatic rings. The zero-order valence-electron chi connectivity index (χ0n) is 13.1. The summed E-state index contributed by atoms with van der Waals surface area (Å²) in [6, 6.07) is 18.4. The Labute approximate surface area is 132 Å². The molecule has 0 unspecified atom stereocenters. The normalized spacial score (nSPS) is 26.9. The third-order valence-corrected chi connectivity index (χ3v) is 5.03. The van der Waals surface area contributed by atoms with E-state index in [2.05, 4.69) is 60.8 Å². The van der Waals surface area contributed by atoms with Crippen LogP contribution in [0, 0.1) is 6.92 Å². The molecule has 2 heteroatoms. The number of aryl methyl sites for hydroxylation is 1. The molecule has 2 bridgehead atoms. The molecule has 2 aliphatic rings. The Balaban J connectivity index is 1.55. The third-order valence-electron chi connectivity index (χ3n) is 5.03. The van der Waals surface area contributed by atoms with Gasteiger partial charge in [0.05, 0.1) is 0 Å². The lowest BCUT2D eigenvalue weighted by molar-refractivity contribution is 0.137. The van der Waals surface area contributed by atoms with E-state index >= 15 is 0 Å². The molecule has 2 aromatic carbocycles. The van der Waals surface area contributed by atoms with Gasteiger partial charge in [-0.15, -0.1) is 0 Å². The quantitative estimate of drug-likeness (QED) is 0.909. The average molecular weight is 293 g/mol. The Morgan fingerprint density at radius 3 is 2.41 bits per heavy atom. The Kier molecular flexibility index (Phi) is 3.63. The van der Waals surface area contributed by atoms with Gasteiger partial charge in [-0.1, -0.05) is 36.4 Å². The second-order valence-corrected chi connectivity index (χ2v) is 6.69. The molecule has 114 valence electrons. The molecule has 4 rings (SSSR count). The molecule has 0 spiro atoms. The Morgan fingerprint density at radius 2 is 1.68 bits per heavy atom. The van der Waals surface area contributed by atoms with Crippen LogP contribution in [0.2, 0.25) is 0 Å². The van der Waals surface area contributed by atoms with E-state index in [1.54, 1.807) is 0 Å². The van der Waals surface area contributed by atoms with Gasteiger partial charge in [0.1, 0.15) is 11.9 Å². The summed E-state index contributed by atoms with van der Waals surface area (Å²) in [6.45, 7) is 2.16. The largest absolute Gasteiger partial charge is 0.490 e. The van der Waals surface area contributed by atoms with Crippen molar-refractivity contribution in [3.05, 3.63) is 54.1 Å². The number of rotatable bonds is 3. The van der Waals surface area contributed by atoms with Gasteiger partial charge in [-0.2, -0.15) is 0 Å². The fourth-order valence-electron chi connectivity index (χ4n) is 3.90. The van der Waals surface area contributed by atoms with Gasteiger partial charge in [0.2, 0.25) is 0 Å². The Hall–Kier alpha value is -1.80. The van der Waals surface area contributed by atoms with Gasteiger partial charge >= 0.3 is 0 Å². The minimum Gasteiger partial charge on any atom is -0.490 e. The van der Waals surface area contributed by atoms with Crippen LogP contribution in [0.15, 0.2) is 48.5 Å². The van der Waals surface area contributed by atoms with Gasteiger partial charge in [-0.25, -0.2) is 0 Å². The average Bonchev–Trinajstić information content (AvgIpc) is 2.89. The van der Waals surface area contributed by atoms with E-state index in [0.29, 0.717) is 18.2 Å². The highest BCUT2D eigenvalue weighted by molar-refractivity contribution is 5.68. The standard InChI is InChI=1S/C20H23NO/c1-14-7-10-18(13-20(14)15-5-3-2-4-6-15)22-19-11-16-8-9-17(12-19)21-16/h2-7,10,13,16-17,19,21H,8-9,11-12H2,1H3/t16-,17+,19-. The summed E-state index contributed by atoms with van der Waals surface area (Å²) >= 11 is 0. The topological polar surface area (TPSA) is 21.3 Å². The fraction of sp³-hybridized carbons (Fsp3) is 0.400. The molecule has 2 saturated heterocycles. The van der Waals surface area contributed by atoms with E-state index in [9.17, 15) is 0 Å². The van der Waals surface area contributed by atoms with Crippen LogP contribution in [-0.2, 0) is 0 Å². The first kappa shape index (κ1) is 13.8. The van der Waals surface area contributed by atoms with Crippen molar-refractivity contribution >= 4 is 0 Å². The second kappa shape index (κ2) is 5.77. The van der Waals surface area contributed by atoms with Crippen LogP contribution in [-0.4, -0.2) is 18.2 Å². The fourth-order valence-corrected chi connectivity index (χ4v) is 3.90. The molecule has 0 saturated carbocycles. The molecule has 0 aromatic heterocycles. The molecule has 0 amide bonds. The molecule has 3 atom stereocenters. The molecule has 22 heavy (non-hydrogen) atoms. The maximum Gasteiger partial charge on any atom is 0.120 e. The van der Waals surface area contributed by atoms with Crippen LogP contribution in [0.3, 0.4) is 0 Å². The summed E-state index contributed by atoms with van der Waals surface area (Å²) in [5.41, 5.74) is 3.83. The first-order chi connectivity index (χ1) is 10.8. The molecule has 0 radical (unpaired) electrons. The predicted molar refractivity (Wildman–Crippen MR) is 90.2 cm³/mol. The lowest BCUT2D eigenvalue weighted by atomic mass is 10.00. The zero-order valence-corrected chi connectivity index (χ0v) is 13.1. The maximum absolute atomic E-state index is 6.31. The highest BCUT2D eigenvalue weighted by Gasteiger charge is 2.34. The monoisotopic (exact) mass is 293 g/mol. The van der Waals surface area contributed by atoms with Crippen LogP contribution < -0.4 is 10.1 Å². The maximum atomic E-state index is 6.31. The number of nitrogens with one attached hydrogen (secondary N) is 1. The van der Waals surface area contributed by atoms with Gasteiger partial charge in [0, 0.05) is 12.1 Å². The first-order valence-electron chi connectivity index (χ1n) is 8.37. The molecule has 2 nitrogen and oxygen atoms in total. The van der Waals surface area contributed by atoms with Crippen LogP contribution in [0.4, 0.5) is 0 Å². The first-order valence-corrected chi connectivity index (χ1v) is 8.37. The van der Waals surface area contributed by atoms with Crippen molar-refractivity contribution in [2.45, 2.75) is 50.8 Å². The van der Waals surface area contributed by atoms with Crippen molar-refractivity contribution in [3.8, 4) is 16.9 Å². The van der Waals surface area contributed by atoms with Crippen molar-refractivity contribution in [1.29, 1.82) is 0 Å². The lowest BCUT2D eigenvalue weighted by Gasteiger charge is -2.29. The van der Waals surface area contributed by atoms with Gasteiger partial charge in [0.15, 0.2) is 0 Å². The molecule has 2 aliphatic heterocycles. The summed E-state index contributed by atoms with van der Waals surface area (Å²) in [7, 11) is 0. The number of piperidine rings is 1. The van der Waals surface area contributed by atoms with E-state index in [0.717, 1.165) is 18.6 Å². The number of ether oxygens (including phenoxy) is 1. The predicted octanol–water partition coefficient (Wildman–Crippen LogP) is 4.32. The zero-order chi connectivity index (χ0) is 14.9. The van der Waals surface area contributed by atoms with Gasteiger partial charge in [-0.05, 0) is 61.4 Å². The van der Waals surface area contributed by atoms with Crippen LogP contribution >= 0.6 is 0 Å². The highest BCUT2D eigenvalue weighted by atomic mass is 16.5. The summed E-state index contributed by atoms with van der Waals surface area (Å²) in [5, 5.41) is 3.67. The number of hydrogen-bond acceptors (Lipinski definition) is 2. The number of fused-ring (bicyclic) bond motifs is 2. The minimum absolute atomic E-state index is 0.366. The van der Waals surface area contributed by atoms with Gasteiger partial charge in [-0.3, -0.25) is 0 Å². The number of benzene rings is 2. The molecule has 0 aliphatic carbocycles. The third kappa shape index (κ3) is 2.76. The SMILES string of the molecule is Cc1ccc(O[C@@H]2C[C@H]3CC[C@@H](C2)N3)cc1-c1ccccc1. The van der Waals surface area contributed by atoms with Crippen molar-refractivity contribution in [1.82, 2.24) is 5.32 Å². The lowest BCUT2D eigenvalue weighted by Crippen LogP contribution is -2.42. The summed E-state index contributed by atoms with van der Waals surface area (Å²) < 4.78 is 6.31.